The van der Waals surface area contributed by atoms with Gasteiger partial charge < -0.3 is 38.3 Å². The molecule has 2 saturated carbocycles. The molecule has 0 amide bonds. The van der Waals surface area contributed by atoms with Crippen molar-refractivity contribution < 1.29 is 37.8 Å². The van der Waals surface area contributed by atoms with Crippen LogP contribution >= 0.6 is 30.4 Å². The van der Waals surface area contributed by atoms with Gasteiger partial charge in [-0.1, -0.05) is 51.0 Å². The SMILES string of the molecule is C=C(CC[C@@H](C)CCC1C(=C)CC(CC[C@@]23CC4NC5C(O2)[C@H]2OC(CC(=O)CC6CCO[C@H]6C)CCC2O[C@H]5C4O3)C1CC)CC1CC1.CC(O)COSI. The average molecular weight is 914 g/mol. The zero-order valence-electron chi connectivity index (χ0n) is 34.7. The van der Waals surface area contributed by atoms with E-state index in [1.807, 2.05) is 21.2 Å². The van der Waals surface area contributed by atoms with Gasteiger partial charge in [-0.3, -0.25) is 4.79 Å². The molecule has 0 aromatic carbocycles. The summed E-state index contributed by atoms with van der Waals surface area (Å²) in [5.74, 6) is 3.72. The molecule has 16 atom stereocenters. The van der Waals surface area contributed by atoms with Crippen molar-refractivity contribution in [1.29, 1.82) is 0 Å². The van der Waals surface area contributed by atoms with Gasteiger partial charge in [-0.25, -0.2) is 0 Å². The van der Waals surface area contributed by atoms with Crippen LogP contribution in [0.2, 0.25) is 0 Å². The predicted octanol–water partition coefficient (Wildman–Crippen LogP) is 9.23. The molecule has 6 bridgehead atoms. The Morgan fingerprint density at radius 3 is 2.52 bits per heavy atom. The third-order valence-corrected chi connectivity index (χ3v) is 15.8. The molecule has 56 heavy (non-hydrogen) atoms. The normalized spacial score (nSPS) is 41.9. The molecule has 2 N–H and O–H groups in total. The van der Waals surface area contributed by atoms with Crippen molar-refractivity contribution in [3.05, 3.63) is 24.3 Å². The van der Waals surface area contributed by atoms with Gasteiger partial charge in [0, 0.05) is 59.5 Å². The highest BCUT2D eigenvalue weighted by atomic mass is 127. The third kappa shape index (κ3) is 10.7. The van der Waals surface area contributed by atoms with Gasteiger partial charge in [0.2, 0.25) is 0 Å². The topological polar surface area (TPSA) is 105 Å². The molecule has 318 valence electrons. The summed E-state index contributed by atoms with van der Waals surface area (Å²) in [4.78, 5) is 13.1. The van der Waals surface area contributed by atoms with Crippen LogP contribution in [0, 0.1) is 35.5 Å². The van der Waals surface area contributed by atoms with Crippen LogP contribution < -0.4 is 5.32 Å². The second-order valence-electron chi connectivity index (χ2n) is 19.2. The molecule has 7 saturated heterocycles. The first-order chi connectivity index (χ1) is 27.0. The summed E-state index contributed by atoms with van der Waals surface area (Å²) in [7, 11) is 1.24. The Labute approximate surface area is 354 Å². The largest absolute Gasteiger partial charge is 0.391 e. The van der Waals surface area contributed by atoms with Gasteiger partial charge in [0.25, 0.3) is 0 Å². The van der Waals surface area contributed by atoms with Gasteiger partial charge in [0.05, 0.1) is 46.3 Å². The van der Waals surface area contributed by atoms with Crippen molar-refractivity contribution in [3.8, 4) is 0 Å². The van der Waals surface area contributed by atoms with E-state index < -0.39 is 5.79 Å². The van der Waals surface area contributed by atoms with E-state index in [2.05, 4.69) is 39.2 Å². The van der Waals surface area contributed by atoms with E-state index in [4.69, 9.17) is 33.0 Å². The standard InChI is InChI=1S/C42H65NO6.C3H7IO2S/c1-6-33-30(20-26(4)34(33)13-9-24(2)7-8-25(3)19-28-10-11-28)15-17-42-23-35-38(48-42)40-37(43-35)41(49-42)39-36(47-40)14-12-32(46-39)22-31(44)21-29-16-18-45-27(29)5;1-3(5)2-6-7-4/h24,27-30,32-41,43H,3-4,6-23H2,1-2,5H3;3,5H,2H2,1H3/t24-,27+,29?,30?,32?,33?,34?,35?,36?,37?,38?,39+,40-,41?,42+;/m1./s1. The summed E-state index contributed by atoms with van der Waals surface area (Å²) in [6.45, 7) is 18.8. The predicted molar refractivity (Wildman–Crippen MR) is 229 cm³/mol. The van der Waals surface area contributed by atoms with Gasteiger partial charge in [-0.05, 0) is 120 Å². The minimum absolute atomic E-state index is 0.00319. The molecule has 7 aliphatic heterocycles. The van der Waals surface area contributed by atoms with Crippen LogP contribution in [0.25, 0.3) is 0 Å². The fourth-order valence-corrected chi connectivity index (χ4v) is 12.2. The van der Waals surface area contributed by atoms with Gasteiger partial charge in [-0.15, -0.1) is 0 Å². The molecule has 0 radical (unpaired) electrons. The summed E-state index contributed by atoms with van der Waals surface area (Å²) in [5, 5.41) is 12.4. The number of aliphatic hydroxyl groups excluding tert-OH is 1. The molecule has 9 aliphatic rings. The van der Waals surface area contributed by atoms with Crippen molar-refractivity contribution >= 4 is 36.2 Å². The third-order valence-electron chi connectivity index (χ3n) is 14.8. The van der Waals surface area contributed by atoms with E-state index in [0.717, 1.165) is 63.4 Å². The number of Topliss-reactive ketones (excluding diaryl/α,β-unsaturated/α-hetero) is 1. The number of ketones is 1. The highest BCUT2D eigenvalue weighted by molar-refractivity contribution is 14.2. The number of hydrogen-bond acceptors (Lipinski definition) is 10. The number of nitrogens with one attached hydrogen (secondary N) is 1. The Kier molecular flexibility index (Phi) is 15.5. The van der Waals surface area contributed by atoms with Crippen molar-refractivity contribution in [2.45, 2.75) is 204 Å². The van der Waals surface area contributed by atoms with E-state index in [9.17, 15) is 4.79 Å². The van der Waals surface area contributed by atoms with Crippen LogP contribution in [-0.4, -0.2) is 90.8 Å². The van der Waals surface area contributed by atoms with Crippen molar-refractivity contribution in [1.82, 2.24) is 5.32 Å². The summed E-state index contributed by atoms with van der Waals surface area (Å²) < 4.78 is 38.1. The van der Waals surface area contributed by atoms with Gasteiger partial charge >= 0.3 is 0 Å². The number of allylic oxidation sites excluding steroid dienone is 2. The number of hydrogen-bond donors (Lipinski definition) is 2. The van der Waals surface area contributed by atoms with Gasteiger partial charge in [0.1, 0.15) is 30.2 Å². The Balaban J connectivity index is 0.000000629. The van der Waals surface area contributed by atoms with E-state index in [-0.39, 0.29) is 60.9 Å². The molecular formula is C45H72INO8S. The Bertz CT molecular complexity index is 1350. The fourth-order valence-electron chi connectivity index (χ4n) is 11.6. The first kappa shape index (κ1) is 44.0. The Morgan fingerprint density at radius 2 is 1.82 bits per heavy atom. The van der Waals surface area contributed by atoms with Crippen LogP contribution in [0.3, 0.4) is 0 Å². The molecule has 0 aromatic rings. The fraction of sp³-hybridized carbons (Fsp3) is 0.889. The number of aliphatic hydroxyl groups is 1. The Morgan fingerprint density at radius 1 is 1.02 bits per heavy atom. The Hall–Kier alpha value is -0.0900. The minimum Gasteiger partial charge on any atom is -0.391 e. The second kappa shape index (κ2) is 19.7. The monoisotopic (exact) mass is 913 g/mol. The maximum Gasteiger partial charge on any atom is 0.171 e. The molecule has 11 unspecified atom stereocenters. The summed E-state index contributed by atoms with van der Waals surface area (Å²) in [6.07, 6.45) is 17.8. The number of halogens is 1. The molecule has 2 aliphatic carbocycles. The number of fused-ring (bicyclic) bond motifs is 1. The zero-order valence-corrected chi connectivity index (χ0v) is 37.7. The van der Waals surface area contributed by atoms with Crippen LogP contribution in [0.5, 0.6) is 0 Å². The van der Waals surface area contributed by atoms with E-state index in [1.54, 1.807) is 6.92 Å². The van der Waals surface area contributed by atoms with Crippen LogP contribution in [-0.2, 0) is 32.7 Å². The maximum absolute atomic E-state index is 13.1. The molecular weight excluding hydrogens is 841 g/mol. The smallest absolute Gasteiger partial charge is 0.171 e. The highest BCUT2D eigenvalue weighted by Gasteiger charge is 2.67. The van der Waals surface area contributed by atoms with Crippen molar-refractivity contribution in [3.63, 3.8) is 0 Å². The van der Waals surface area contributed by atoms with E-state index in [1.165, 1.54) is 71.7 Å². The zero-order chi connectivity index (χ0) is 39.6. The lowest BCUT2D eigenvalue weighted by Gasteiger charge is -2.48. The molecule has 0 aromatic heterocycles. The van der Waals surface area contributed by atoms with Crippen LogP contribution in [0.4, 0.5) is 0 Å². The first-order valence-corrected chi connectivity index (χ1v) is 25.7. The van der Waals surface area contributed by atoms with Crippen molar-refractivity contribution in [2.75, 3.05) is 13.2 Å². The molecule has 9 rings (SSSR count). The van der Waals surface area contributed by atoms with E-state index in [0.29, 0.717) is 48.9 Å². The number of rotatable bonds is 19. The van der Waals surface area contributed by atoms with E-state index >= 15 is 0 Å². The number of ether oxygens (including phenoxy) is 5. The maximum atomic E-state index is 13.1. The summed E-state index contributed by atoms with van der Waals surface area (Å²) >= 11 is 2.00. The highest BCUT2D eigenvalue weighted by Crippen LogP contribution is 2.54. The summed E-state index contributed by atoms with van der Waals surface area (Å²) in [6, 6.07) is 0.349. The lowest BCUT2D eigenvalue weighted by atomic mass is 9.80. The molecule has 9 nitrogen and oxygen atoms in total. The molecule has 9 fully saturated rings. The quantitative estimate of drug-likeness (QED) is 0.0741. The van der Waals surface area contributed by atoms with Gasteiger partial charge in [-0.2, -0.15) is 0 Å². The summed E-state index contributed by atoms with van der Waals surface area (Å²) in [5.41, 5.74) is 2.96. The van der Waals surface area contributed by atoms with Gasteiger partial charge in [0.15, 0.2) is 5.79 Å². The van der Waals surface area contributed by atoms with Crippen LogP contribution in [0.15, 0.2) is 24.3 Å². The van der Waals surface area contributed by atoms with Crippen molar-refractivity contribution in [2.24, 2.45) is 35.5 Å². The number of carbonyl (C=O) groups is 1. The lowest BCUT2D eigenvalue weighted by molar-refractivity contribution is -0.278. The molecule has 0 spiro atoms. The number of carbonyl (C=O) groups excluding carboxylic acids is 1. The average Bonchev–Trinajstić information content (AvgIpc) is 3.58. The lowest BCUT2D eigenvalue weighted by Crippen LogP contribution is -2.63. The van der Waals surface area contributed by atoms with Crippen LogP contribution in [0.1, 0.15) is 137 Å². The first-order valence-electron chi connectivity index (χ1n) is 22.4. The minimum atomic E-state index is -0.589. The second-order valence-corrected chi connectivity index (χ2v) is 20.7. The molecule has 11 heteroatoms. The molecule has 7 heterocycles.